The molecule has 1 N–H and O–H groups in total. The molecular formula is C31H27Cl2F2NO2. The predicted molar refractivity (Wildman–Crippen MR) is 150 cm³/mol. The first-order valence-electron chi connectivity index (χ1n) is 12.7. The van der Waals surface area contributed by atoms with Crippen molar-refractivity contribution in [3.8, 4) is 0 Å². The van der Waals surface area contributed by atoms with Gasteiger partial charge in [-0.3, -0.25) is 9.29 Å². The van der Waals surface area contributed by atoms with E-state index in [0.717, 1.165) is 59.5 Å². The van der Waals surface area contributed by atoms with Crippen LogP contribution in [-0.2, 0) is 6.42 Å². The van der Waals surface area contributed by atoms with Crippen molar-refractivity contribution in [2.24, 2.45) is 0 Å². The van der Waals surface area contributed by atoms with Crippen LogP contribution in [0.15, 0.2) is 60.2 Å². The summed E-state index contributed by atoms with van der Waals surface area (Å²) in [6.07, 6.45) is 4.59. The van der Waals surface area contributed by atoms with Crippen molar-refractivity contribution in [1.82, 2.24) is 4.90 Å². The maximum atomic E-state index is 15.9. The van der Waals surface area contributed by atoms with Crippen LogP contribution in [0.4, 0.5) is 8.78 Å². The molecule has 0 bridgehead atoms. The van der Waals surface area contributed by atoms with Gasteiger partial charge in [0.05, 0.1) is 12.2 Å². The van der Waals surface area contributed by atoms with Gasteiger partial charge in [-0.05, 0) is 95.0 Å². The van der Waals surface area contributed by atoms with Gasteiger partial charge >= 0.3 is 5.97 Å². The van der Waals surface area contributed by atoms with Gasteiger partial charge in [-0.1, -0.05) is 53.5 Å². The van der Waals surface area contributed by atoms with Gasteiger partial charge < -0.3 is 5.11 Å². The number of allylic oxidation sites excluding steroid dienone is 1. The number of benzene rings is 3. The fraction of sp³-hybridized carbons (Fsp3) is 0.258. The number of nitrogens with zero attached hydrogens (tertiary/aromatic N) is 1. The van der Waals surface area contributed by atoms with Crippen molar-refractivity contribution >= 4 is 46.4 Å². The molecule has 1 saturated heterocycles. The predicted octanol–water partition coefficient (Wildman–Crippen LogP) is 8.18. The van der Waals surface area contributed by atoms with Crippen molar-refractivity contribution in [3.63, 3.8) is 0 Å². The van der Waals surface area contributed by atoms with Crippen molar-refractivity contribution in [2.75, 3.05) is 26.3 Å². The molecular weight excluding hydrogens is 527 g/mol. The van der Waals surface area contributed by atoms with Crippen molar-refractivity contribution in [3.05, 3.63) is 109 Å². The van der Waals surface area contributed by atoms with Gasteiger partial charge in [0.1, 0.15) is 5.82 Å². The molecule has 2 aliphatic rings. The summed E-state index contributed by atoms with van der Waals surface area (Å²) in [4.78, 5) is 13.8. The normalized spacial score (nSPS) is 15.6. The number of carbonyl (C=O) groups is 1. The standard InChI is InChI=1S/C31H27Cl2F2NO2/c32-23-7-10-25(28(33)16-23)26-4-1-3-21-15-22(31(37)38)6-9-24(21)30(26)27-8-5-19(14-29(27)35)13-20-17-36(18-20)12-2-11-34/h5-10,13-16H,1-4,11-12,17-18H2,(H,37,38). The van der Waals surface area contributed by atoms with E-state index in [-0.39, 0.29) is 18.1 Å². The SMILES string of the molecule is O=C(O)c1ccc2c(c1)CCCC(c1ccc(Cl)cc1Cl)=C2c1ccc(C=C2CN(CCCF)C2)cc1F. The molecule has 0 spiro atoms. The smallest absolute Gasteiger partial charge is 0.335 e. The summed E-state index contributed by atoms with van der Waals surface area (Å²) >= 11 is 12.8. The number of carboxylic acid groups (broad SMARTS) is 1. The lowest BCUT2D eigenvalue weighted by molar-refractivity contribution is 0.0696. The highest BCUT2D eigenvalue weighted by Gasteiger charge is 2.25. The Morgan fingerprint density at radius 2 is 1.74 bits per heavy atom. The summed E-state index contributed by atoms with van der Waals surface area (Å²) in [5, 5.41) is 10.5. The number of hydrogen-bond donors (Lipinski definition) is 1. The number of halogens is 4. The van der Waals surface area contributed by atoms with E-state index in [1.165, 1.54) is 11.6 Å². The topological polar surface area (TPSA) is 40.5 Å². The third-order valence-electron chi connectivity index (χ3n) is 7.15. The molecule has 1 heterocycles. The summed E-state index contributed by atoms with van der Waals surface area (Å²) in [6, 6.07) is 15.6. The summed E-state index contributed by atoms with van der Waals surface area (Å²) in [5.74, 6) is -1.35. The van der Waals surface area contributed by atoms with Gasteiger partial charge in [-0.25, -0.2) is 9.18 Å². The molecule has 3 aromatic rings. The first kappa shape index (κ1) is 26.6. The molecule has 3 nitrogen and oxygen atoms in total. The van der Waals surface area contributed by atoms with Crippen LogP contribution in [0, 0.1) is 5.82 Å². The Morgan fingerprint density at radius 3 is 2.45 bits per heavy atom. The second kappa shape index (κ2) is 11.4. The number of carboxylic acids is 1. The molecule has 0 aromatic heterocycles. The average molecular weight is 554 g/mol. The van der Waals surface area contributed by atoms with E-state index in [4.69, 9.17) is 23.2 Å². The molecule has 0 atom stereocenters. The minimum Gasteiger partial charge on any atom is -0.478 e. The quantitative estimate of drug-likeness (QED) is 0.320. The van der Waals surface area contributed by atoms with Gasteiger partial charge in [-0.15, -0.1) is 0 Å². The summed E-state index contributed by atoms with van der Waals surface area (Å²) in [6.45, 7) is 1.95. The van der Waals surface area contributed by atoms with Gasteiger partial charge in [0.25, 0.3) is 0 Å². The Bertz CT molecular complexity index is 1460. The number of alkyl halides is 1. The van der Waals surface area contributed by atoms with Crippen molar-refractivity contribution in [2.45, 2.75) is 25.7 Å². The average Bonchev–Trinajstić information content (AvgIpc) is 3.04. The number of hydrogen-bond acceptors (Lipinski definition) is 2. The number of aryl methyl sites for hydroxylation is 1. The maximum absolute atomic E-state index is 15.9. The molecule has 0 amide bonds. The van der Waals surface area contributed by atoms with Crippen molar-refractivity contribution < 1.29 is 18.7 Å². The van der Waals surface area contributed by atoms with E-state index in [1.807, 2.05) is 18.2 Å². The highest BCUT2D eigenvalue weighted by Crippen LogP contribution is 2.43. The van der Waals surface area contributed by atoms with Gasteiger partial charge in [-0.2, -0.15) is 0 Å². The zero-order chi connectivity index (χ0) is 26.8. The Labute approximate surface area is 231 Å². The molecule has 7 heteroatoms. The fourth-order valence-electron chi connectivity index (χ4n) is 5.35. The fourth-order valence-corrected chi connectivity index (χ4v) is 5.87. The number of rotatable bonds is 7. The molecule has 1 fully saturated rings. The van der Waals surface area contributed by atoms with Gasteiger partial charge in [0.15, 0.2) is 0 Å². The Hall–Kier alpha value is -2.99. The summed E-state index contributed by atoms with van der Waals surface area (Å²) in [7, 11) is 0. The van der Waals surface area contributed by atoms with Crippen LogP contribution in [0.2, 0.25) is 10.0 Å². The monoisotopic (exact) mass is 553 g/mol. The van der Waals surface area contributed by atoms with E-state index in [0.29, 0.717) is 34.9 Å². The lowest BCUT2D eigenvalue weighted by Gasteiger charge is -2.33. The lowest BCUT2D eigenvalue weighted by Crippen LogP contribution is -2.40. The van der Waals surface area contributed by atoms with E-state index in [9.17, 15) is 14.3 Å². The highest BCUT2D eigenvalue weighted by atomic mass is 35.5. The largest absolute Gasteiger partial charge is 0.478 e. The van der Waals surface area contributed by atoms with Crippen LogP contribution in [0.5, 0.6) is 0 Å². The van der Waals surface area contributed by atoms with E-state index in [1.54, 1.807) is 36.4 Å². The Morgan fingerprint density at radius 1 is 0.974 bits per heavy atom. The molecule has 3 aromatic carbocycles. The van der Waals surface area contributed by atoms with Crippen LogP contribution in [0.25, 0.3) is 17.2 Å². The van der Waals surface area contributed by atoms with Crippen LogP contribution < -0.4 is 0 Å². The Kier molecular flexibility index (Phi) is 7.98. The second-order valence-corrected chi connectivity index (χ2v) is 10.6. The van der Waals surface area contributed by atoms with Gasteiger partial charge in [0, 0.05) is 35.2 Å². The summed E-state index contributed by atoms with van der Waals surface area (Å²) in [5.41, 5.74) is 6.69. The summed E-state index contributed by atoms with van der Waals surface area (Å²) < 4.78 is 28.3. The van der Waals surface area contributed by atoms with E-state index < -0.39 is 5.97 Å². The van der Waals surface area contributed by atoms with Crippen LogP contribution in [0.3, 0.4) is 0 Å². The minimum absolute atomic E-state index is 0.208. The van der Waals surface area contributed by atoms with Crippen LogP contribution >= 0.6 is 23.2 Å². The molecule has 0 radical (unpaired) electrons. The van der Waals surface area contributed by atoms with Crippen LogP contribution in [-0.4, -0.2) is 42.3 Å². The number of fused-ring (bicyclic) bond motifs is 1. The first-order chi connectivity index (χ1) is 18.3. The van der Waals surface area contributed by atoms with Crippen molar-refractivity contribution in [1.29, 1.82) is 0 Å². The molecule has 5 rings (SSSR count). The zero-order valence-corrected chi connectivity index (χ0v) is 22.3. The maximum Gasteiger partial charge on any atom is 0.335 e. The third-order valence-corrected chi connectivity index (χ3v) is 7.69. The van der Waals surface area contributed by atoms with E-state index >= 15 is 4.39 Å². The lowest BCUT2D eigenvalue weighted by atomic mass is 9.86. The molecule has 38 heavy (non-hydrogen) atoms. The molecule has 196 valence electrons. The number of likely N-dealkylation sites (tertiary alicyclic amines) is 1. The van der Waals surface area contributed by atoms with E-state index in [2.05, 4.69) is 4.90 Å². The zero-order valence-electron chi connectivity index (χ0n) is 20.7. The van der Waals surface area contributed by atoms with Crippen LogP contribution in [0.1, 0.15) is 57.4 Å². The minimum atomic E-state index is -0.994. The third kappa shape index (κ3) is 5.56. The molecule has 1 aliphatic heterocycles. The Balaban J connectivity index is 1.60. The number of aromatic carboxylic acids is 1. The van der Waals surface area contributed by atoms with Gasteiger partial charge in [0.2, 0.25) is 0 Å². The highest BCUT2D eigenvalue weighted by molar-refractivity contribution is 6.36. The molecule has 0 saturated carbocycles. The molecule has 0 unspecified atom stereocenters. The molecule has 1 aliphatic carbocycles. The first-order valence-corrected chi connectivity index (χ1v) is 13.4. The second-order valence-electron chi connectivity index (χ2n) is 9.80.